The van der Waals surface area contributed by atoms with Crippen LogP contribution in [0.1, 0.15) is 6.92 Å². The monoisotopic (exact) mass is 269 g/mol. The Morgan fingerprint density at radius 3 is 3.24 bits per heavy atom. The Hall–Kier alpha value is -0.910. The number of thiophene rings is 1. The van der Waals surface area contributed by atoms with E-state index >= 15 is 0 Å². The summed E-state index contributed by atoms with van der Waals surface area (Å²) in [5, 5.41) is 3.41. The summed E-state index contributed by atoms with van der Waals surface area (Å²) in [5.41, 5.74) is 0. The molecule has 1 aliphatic heterocycles. The van der Waals surface area contributed by atoms with Crippen LogP contribution in [0.25, 0.3) is 10.2 Å². The van der Waals surface area contributed by atoms with Gasteiger partial charge >= 0.3 is 0 Å². The topological polar surface area (TPSA) is 38.2 Å². The molecular formula is C11H12ClN3OS. The van der Waals surface area contributed by atoms with E-state index in [0.717, 1.165) is 35.7 Å². The summed E-state index contributed by atoms with van der Waals surface area (Å²) in [6.45, 7) is 4.50. The molecule has 2 aromatic rings. The smallest absolute Gasteiger partial charge is 0.225 e. The molecule has 4 nitrogen and oxygen atoms in total. The van der Waals surface area contributed by atoms with Gasteiger partial charge < -0.3 is 9.64 Å². The van der Waals surface area contributed by atoms with E-state index in [0.29, 0.717) is 5.28 Å². The minimum atomic E-state index is 0.228. The van der Waals surface area contributed by atoms with Crippen molar-refractivity contribution in [2.24, 2.45) is 0 Å². The normalized spacial score (nSPS) is 21.1. The summed E-state index contributed by atoms with van der Waals surface area (Å²) in [6, 6.07) is 2.05. The molecule has 0 N–H and O–H groups in total. The number of aromatic nitrogens is 2. The Kier molecular flexibility index (Phi) is 2.90. The van der Waals surface area contributed by atoms with Gasteiger partial charge in [0.15, 0.2) is 0 Å². The molecule has 0 aliphatic carbocycles. The number of rotatable bonds is 1. The van der Waals surface area contributed by atoms with Crippen molar-refractivity contribution in [1.82, 2.24) is 9.97 Å². The second kappa shape index (κ2) is 4.40. The fourth-order valence-corrected chi connectivity index (χ4v) is 3.04. The van der Waals surface area contributed by atoms with Crippen molar-refractivity contribution in [3.8, 4) is 0 Å². The minimum Gasteiger partial charge on any atom is -0.375 e. The van der Waals surface area contributed by atoms with Crippen LogP contribution in [0.2, 0.25) is 5.28 Å². The summed E-state index contributed by atoms with van der Waals surface area (Å²) in [7, 11) is 0. The van der Waals surface area contributed by atoms with E-state index < -0.39 is 0 Å². The van der Waals surface area contributed by atoms with E-state index in [4.69, 9.17) is 16.3 Å². The van der Waals surface area contributed by atoms with Gasteiger partial charge in [0, 0.05) is 13.1 Å². The van der Waals surface area contributed by atoms with Crippen LogP contribution < -0.4 is 4.90 Å². The highest BCUT2D eigenvalue weighted by molar-refractivity contribution is 7.16. The second-order valence-corrected chi connectivity index (χ2v) is 5.32. The predicted octanol–water partition coefficient (Wildman–Crippen LogP) is 2.57. The van der Waals surface area contributed by atoms with Crippen LogP contribution in [0.5, 0.6) is 0 Å². The molecule has 1 aliphatic rings. The zero-order valence-corrected chi connectivity index (χ0v) is 11.0. The molecule has 0 bridgehead atoms. The number of anilines is 1. The van der Waals surface area contributed by atoms with Crippen molar-refractivity contribution in [3.05, 3.63) is 16.7 Å². The maximum absolute atomic E-state index is 5.96. The van der Waals surface area contributed by atoms with Crippen molar-refractivity contribution < 1.29 is 4.74 Å². The molecule has 17 heavy (non-hydrogen) atoms. The van der Waals surface area contributed by atoms with Gasteiger partial charge in [-0.15, -0.1) is 11.3 Å². The van der Waals surface area contributed by atoms with Crippen LogP contribution in [0.4, 0.5) is 5.82 Å². The van der Waals surface area contributed by atoms with E-state index in [1.165, 1.54) is 0 Å². The molecule has 1 unspecified atom stereocenters. The highest BCUT2D eigenvalue weighted by Gasteiger charge is 2.21. The van der Waals surface area contributed by atoms with Gasteiger partial charge in [0.25, 0.3) is 0 Å². The SMILES string of the molecule is CC1CN(c2nc(Cl)nc3sccc23)CCO1. The lowest BCUT2D eigenvalue weighted by Crippen LogP contribution is -2.41. The third-order valence-electron chi connectivity index (χ3n) is 2.82. The van der Waals surface area contributed by atoms with Gasteiger partial charge in [-0.3, -0.25) is 0 Å². The van der Waals surface area contributed by atoms with E-state index in [2.05, 4.69) is 21.8 Å². The van der Waals surface area contributed by atoms with Gasteiger partial charge in [0.1, 0.15) is 10.6 Å². The van der Waals surface area contributed by atoms with Gasteiger partial charge in [-0.05, 0) is 30.0 Å². The average Bonchev–Trinajstić information content (AvgIpc) is 2.75. The van der Waals surface area contributed by atoms with Gasteiger partial charge in [-0.25, -0.2) is 4.98 Å². The number of nitrogens with zero attached hydrogens (tertiary/aromatic N) is 3. The first-order valence-corrected chi connectivity index (χ1v) is 6.77. The van der Waals surface area contributed by atoms with Crippen molar-refractivity contribution >= 4 is 39.0 Å². The van der Waals surface area contributed by atoms with Gasteiger partial charge in [0.05, 0.1) is 18.1 Å². The number of ether oxygens (including phenoxy) is 1. The molecule has 1 saturated heterocycles. The molecule has 0 aromatic carbocycles. The Bertz CT molecular complexity index is 544. The first kappa shape index (κ1) is 11.2. The number of halogens is 1. The highest BCUT2D eigenvalue weighted by Crippen LogP contribution is 2.29. The Balaban J connectivity index is 2.06. The lowest BCUT2D eigenvalue weighted by atomic mass is 10.2. The molecule has 2 aromatic heterocycles. The summed E-state index contributed by atoms with van der Waals surface area (Å²) < 4.78 is 5.54. The molecular weight excluding hydrogens is 258 g/mol. The molecule has 0 radical (unpaired) electrons. The zero-order valence-electron chi connectivity index (χ0n) is 9.39. The first-order valence-electron chi connectivity index (χ1n) is 5.51. The molecule has 90 valence electrons. The molecule has 0 saturated carbocycles. The number of morpholine rings is 1. The standard InChI is InChI=1S/C11H12ClN3OS/c1-7-6-15(3-4-16-7)9-8-2-5-17-10(8)14-11(12)13-9/h2,5,7H,3-4,6H2,1H3. The number of hydrogen-bond acceptors (Lipinski definition) is 5. The minimum absolute atomic E-state index is 0.228. The van der Waals surface area contributed by atoms with Crippen LogP contribution in [0.3, 0.4) is 0 Å². The van der Waals surface area contributed by atoms with Crippen LogP contribution in [-0.4, -0.2) is 35.8 Å². The molecule has 3 heterocycles. The molecule has 0 amide bonds. The van der Waals surface area contributed by atoms with Crippen LogP contribution in [0.15, 0.2) is 11.4 Å². The van der Waals surface area contributed by atoms with E-state index in [-0.39, 0.29) is 6.10 Å². The summed E-state index contributed by atoms with van der Waals surface area (Å²) in [5.74, 6) is 0.927. The largest absolute Gasteiger partial charge is 0.375 e. The number of fused-ring (bicyclic) bond motifs is 1. The van der Waals surface area contributed by atoms with E-state index in [1.807, 2.05) is 11.4 Å². The summed E-state index contributed by atoms with van der Waals surface area (Å²) >= 11 is 7.55. The third-order valence-corrected chi connectivity index (χ3v) is 3.79. The van der Waals surface area contributed by atoms with Gasteiger partial charge in [-0.2, -0.15) is 4.98 Å². The van der Waals surface area contributed by atoms with Crippen molar-refractivity contribution in [2.45, 2.75) is 13.0 Å². The lowest BCUT2D eigenvalue weighted by Gasteiger charge is -2.32. The van der Waals surface area contributed by atoms with Crippen LogP contribution >= 0.6 is 22.9 Å². The Labute approximate surface area is 108 Å². The lowest BCUT2D eigenvalue weighted by molar-refractivity contribution is 0.0530. The zero-order chi connectivity index (χ0) is 11.8. The maximum atomic E-state index is 5.96. The van der Waals surface area contributed by atoms with Crippen LogP contribution in [-0.2, 0) is 4.74 Å². The fourth-order valence-electron chi connectivity index (χ4n) is 2.07. The molecule has 1 atom stereocenters. The average molecular weight is 270 g/mol. The van der Waals surface area contributed by atoms with Crippen LogP contribution in [0, 0.1) is 0 Å². The maximum Gasteiger partial charge on any atom is 0.225 e. The molecule has 1 fully saturated rings. The fraction of sp³-hybridized carbons (Fsp3) is 0.455. The Morgan fingerprint density at radius 1 is 1.53 bits per heavy atom. The second-order valence-electron chi connectivity index (χ2n) is 4.08. The quantitative estimate of drug-likeness (QED) is 0.746. The van der Waals surface area contributed by atoms with Gasteiger partial charge in [-0.1, -0.05) is 0 Å². The first-order chi connectivity index (χ1) is 8.24. The van der Waals surface area contributed by atoms with Crippen molar-refractivity contribution in [1.29, 1.82) is 0 Å². The highest BCUT2D eigenvalue weighted by atomic mass is 35.5. The van der Waals surface area contributed by atoms with Crippen molar-refractivity contribution in [3.63, 3.8) is 0 Å². The number of hydrogen-bond donors (Lipinski definition) is 0. The van der Waals surface area contributed by atoms with E-state index in [9.17, 15) is 0 Å². The molecule has 6 heteroatoms. The molecule has 0 spiro atoms. The predicted molar refractivity (Wildman–Crippen MR) is 70.1 cm³/mol. The van der Waals surface area contributed by atoms with Gasteiger partial charge in [0.2, 0.25) is 5.28 Å². The molecule has 3 rings (SSSR count). The van der Waals surface area contributed by atoms with E-state index in [1.54, 1.807) is 11.3 Å². The third kappa shape index (κ3) is 2.10. The summed E-state index contributed by atoms with van der Waals surface area (Å²) in [6.07, 6.45) is 0.228. The van der Waals surface area contributed by atoms with Crippen molar-refractivity contribution in [2.75, 3.05) is 24.6 Å². The Morgan fingerprint density at radius 2 is 2.41 bits per heavy atom. The summed E-state index contributed by atoms with van der Waals surface area (Å²) in [4.78, 5) is 11.8.